The summed E-state index contributed by atoms with van der Waals surface area (Å²) in [7, 11) is -4.57. The Balaban J connectivity index is 0.993. The average molecular weight is 957 g/mol. The molecule has 0 aromatic heterocycles. The molecule has 70 heavy (non-hydrogen) atoms. The molecule has 10 unspecified atom stereocenters. The molecule has 0 spiro atoms. The van der Waals surface area contributed by atoms with Crippen molar-refractivity contribution in [3.63, 3.8) is 0 Å². The Morgan fingerprint density at radius 2 is 0.614 bits per heavy atom. The first kappa shape index (κ1) is 44.9. The van der Waals surface area contributed by atoms with Crippen molar-refractivity contribution in [1.29, 1.82) is 0 Å². The monoisotopic (exact) mass is 956 g/mol. The van der Waals surface area contributed by atoms with Crippen LogP contribution >= 0.6 is 14.5 Å². The Kier molecular flexibility index (Phi) is 12.3. The van der Waals surface area contributed by atoms with Crippen molar-refractivity contribution in [3.8, 4) is 11.5 Å². The summed E-state index contributed by atoms with van der Waals surface area (Å²) < 4.78 is 15.3. The number of rotatable bonds is 16. The predicted molar refractivity (Wildman–Crippen MR) is 296 cm³/mol. The van der Waals surface area contributed by atoms with E-state index in [1.165, 1.54) is 107 Å². The highest BCUT2D eigenvalue weighted by Crippen LogP contribution is 2.65. The number of hydrogen-bond donors (Lipinski definition) is 0. The SMILES string of the molecule is c1ccc([P+](Cc2cc(OCC3CC4CC3C3CCCC43)c(C[P+](c3ccccc3)(c3ccccc3)c3ccccc3)cc2OCC2CC3CC2C2CCCC32)(c2ccccc2)c2ccccc2)cc1. The summed E-state index contributed by atoms with van der Waals surface area (Å²) in [6.07, 6.45) is 15.8. The zero-order valence-corrected chi connectivity index (χ0v) is 42.6. The molecular formula is C66H70O2P2+2. The van der Waals surface area contributed by atoms with Gasteiger partial charge in [-0.3, -0.25) is 0 Å². The molecule has 6 fully saturated rings. The van der Waals surface area contributed by atoms with Crippen molar-refractivity contribution in [3.05, 3.63) is 205 Å². The molecule has 13 rings (SSSR count). The van der Waals surface area contributed by atoms with Gasteiger partial charge in [0.1, 0.15) is 70.2 Å². The molecule has 10 atom stereocenters. The number of hydrogen-bond acceptors (Lipinski definition) is 2. The standard InChI is InChI=1S/C66H70O2P2/c1-7-21-53(22-8-1)69(54-23-9-2-10-24-54,55-25-11-3-12-26-55)45-51-41-66(68-44-50-38-48-40-64(50)62-36-20-34-60(48)62)52(42-65(51)67-43-49-37-47-39-63(49)61-35-19-33-59(47)61)46-70(56-27-13-4-14-28-56,57-29-15-5-16-30-57)58-31-17-6-18-32-58/h1-18,21-32,41-42,47-50,59-64H,19-20,33-40,43-46H2/q+2. The van der Waals surface area contributed by atoms with Gasteiger partial charge in [-0.2, -0.15) is 0 Å². The summed E-state index contributed by atoms with van der Waals surface area (Å²) in [5, 5.41) is 8.42. The van der Waals surface area contributed by atoms with Gasteiger partial charge >= 0.3 is 0 Å². The molecular weight excluding hydrogens is 887 g/mol. The van der Waals surface area contributed by atoms with Crippen molar-refractivity contribution in [2.24, 2.45) is 59.2 Å². The van der Waals surface area contributed by atoms with E-state index in [4.69, 9.17) is 9.47 Å². The highest BCUT2D eigenvalue weighted by atomic mass is 31.2. The second kappa shape index (κ2) is 19.2. The third-order valence-corrected chi connectivity index (χ3v) is 28.0. The zero-order chi connectivity index (χ0) is 46.5. The predicted octanol–water partition coefficient (Wildman–Crippen LogP) is 13.6. The van der Waals surface area contributed by atoms with Gasteiger partial charge in [-0.25, -0.2) is 0 Å². The minimum absolute atomic E-state index is 0.621. The van der Waals surface area contributed by atoms with Crippen LogP contribution in [0.2, 0.25) is 0 Å². The van der Waals surface area contributed by atoms with Gasteiger partial charge in [-0.15, -0.1) is 0 Å². The van der Waals surface area contributed by atoms with E-state index in [9.17, 15) is 0 Å². The van der Waals surface area contributed by atoms with Gasteiger partial charge in [0, 0.05) is 11.1 Å². The van der Waals surface area contributed by atoms with E-state index >= 15 is 0 Å². The molecule has 6 aliphatic rings. The lowest BCUT2D eigenvalue weighted by molar-refractivity contribution is 0.129. The smallest absolute Gasteiger partial charge is 0.126 e. The van der Waals surface area contributed by atoms with Crippen molar-refractivity contribution >= 4 is 46.4 Å². The lowest BCUT2D eigenvalue weighted by atomic mass is 9.76. The van der Waals surface area contributed by atoms with Crippen LogP contribution in [0.3, 0.4) is 0 Å². The molecule has 7 aromatic rings. The van der Waals surface area contributed by atoms with Crippen LogP contribution < -0.4 is 41.3 Å². The van der Waals surface area contributed by atoms with Crippen LogP contribution in [0.1, 0.15) is 75.3 Å². The Labute approximate surface area is 419 Å². The maximum atomic E-state index is 7.64. The van der Waals surface area contributed by atoms with Crippen LogP contribution in [0.15, 0.2) is 194 Å². The number of ether oxygens (including phenoxy) is 2. The Bertz CT molecular complexity index is 2460. The molecule has 0 saturated heterocycles. The molecule has 6 saturated carbocycles. The van der Waals surface area contributed by atoms with Crippen LogP contribution in [0.5, 0.6) is 11.5 Å². The van der Waals surface area contributed by atoms with E-state index in [1.807, 2.05) is 0 Å². The molecule has 2 nitrogen and oxygen atoms in total. The highest BCUT2D eigenvalue weighted by Gasteiger charge is 2.56. The third-order valence-electron chi connectivity index (χ3n) is 19.3. The Morgan fingerprint density at radius 1 is 0.329 bits per heavy atom. The first-order valence-electron chi connectivity index (χ1n) is 27.2. The summed E-state index contributed by atoms with van der Waals surface area (Å²) in [4.78, 5) is 0. The number of fused-ring (bicyclic) bond motifs is 10. The summed E-state index contributed by atoms with van der Waals surface area (Å²) in [6.45, 7) is 1.60. The molecule has 0 radical (unpaired) electrons. The van der Waals surface area contributed by atoms with Gasteiger partial charge in [0.15, 0.2) is 0 Å². The lowest BCUT2D eigenvalue weighted by Crippen LogP contribution is -2.33. The molecule has 0 heterocycles. The van der Waals surface area contributed by atoms with Crippen molar-refractivity contribution in [2.45, 2.75) is 76.5 Å². The first-order valence-corrected chi connectivity index (χ1v) is 31.1. The van der Waals surface area contributed by atoms with E-state index in [2.05, 4.69) is 194 Å². The zero-order valence-electron chi connectivity index (χ0n) is 40.9. The fourth-order valence-electron chi connectivity index (χ4n) is 16.4. The minimum atomic E-state index is -2.29. The lowest BCUT2D eigenvalue weighted by Gasteiger charge is -2.33. The minimum Gasteiger partial charge on any atom is -0.493 e. The number of benzene rings is 7. The fraction of sp³-hybridized carbons (Fsp3) is 0.364. The van der Waals surface area contributed by atoms with Gasteiger partial charge in [-0.05, 0) is 195 Å². The summed E-state index contributed by atoms with van der Waals surface area (Å²) in [6, 6.07) is 73.9. The van der Waals surface area contributed by atoms with Crippen LogP contribution in [0, 0.1) is 59.2 Å². The highest BCUT2D eigenvalue weighted by molar-refractivity contribution is 7.95. The van der Waals surface area contributed by atoms with E-state index in [0.717, 1.165) is 84.4 Å². The molecule has 0 amide bonds. The summed E-state index contributed by atoms with van der Waals surface area (Å²) in [5.41, 5.74) is 2.58. The molecule has 4 heteroatoms. The molecule has 0 aliphatic heterocycles. The maximum Gasteiger partial charge on any atom is 0.126 e. The normalized spacial score (nSPS) is 27.4. The van der Waals surface area contributed by atoms with Gasteiger partial charge < -0.3 is 9.47 Å². The van der Waals surface area contributed by atoms with E-state index in [1.54, 1.807) is 0 Å². The quantitative estimate of drug-likeness (QED) is 0.0899. The van der Waals surface area contributed by atoms with Crippen LogP contribution in [-0.4, -0.2) is 13.2 Å². The van der Waals surface area contributed by atoms with Crippen LogP contribution in [-0.2, 0) is 12.3 Å². The first-order chi connectivity index (χ1) is 34.7. The van der Waals surface area contributed by atoms with Gasteiger partial charge in [0.05, 0.1) is 13.2 Å². The molecule has 354 valence electrons. The van der Waals surface area contributed by atoms with E-state index < -0.39 is 14.5 Å². The van der Waals surface area contributed by atoms with Crippen molar-refractivity contribution in [2.75, 3.05) is 13.2 Å². The molecule has 0 N–H and O–H groups in total. The second-order valence-electron chi connectivity index (χ2n) is 22.5. The Morgan fingerprint density at radius 3 is 0.914 bits per heavy atom. The summed E-state index contributed by atoms with van der Waals surface area (Å²) >= 11 is 0. The topological polar surface area (TPSA) is 18.5 Å². The van der Waals surface area contributed by atoms with Crippen LogP contribution in [0.4, 0.5) is 0 Å². The second-order valence-corrected chi connectivity index (χ2v) is 29.4. The maximum absolute atomic E-state index is 7.64. The van der Waals surface area contributed by atoms with Crippen molar-refractivity contribution in [1.82, 2.24) is 0 Å². The molecule has 6 aliphatic carbocycles. The molecule has 7 aromatic carbocycles. The van der Waals surface area contributed by atoms with Gasteiger partial charge in [0.25, 0.3) is 0 Å². The van der Waals surface area contributed by atoms with E-state index in [-0.39, 0.29) is 0 Å². The largest absolute Gasteiger partial charge is 0.493 e. The molecule has 4 bridgehead atoms. The van der Waals surface area contributed by atoms with Gasteiger partial charge in [0.2, 0.25) is 0 Å². The van der Waals surface area contributed by atoms with Crippen LogP contribution in [0.25, 0.3) is 0 Å². The fourth-order valence-corrected chi connectivity index (χ4v) is 24.9. The Hall–Kier alpha value is -5.00. The van der Waals surface area contributed by atoms with Crippen molar-refractivity contribution < 1.29 is 9.47 Å². The average Bonchev–Trinajstić information content (AvgIpc) is 4.31. The van der Waals surface area contributed by atoms with E-state index in [0.29, 0.717) is 11.8 Å². The van der Waals surface area contributed by atoms with Gasteiger partial charge in [-0.1, -0.05) is 122 Å². The summed E-state index contributed by atoms with van der Waals surface area (Å²) in [5.74, 6) is 10.5. The third kappa shape index (κ3) is 7.91.